The quantitative estimate of drug-likeness (QED) is 0.788. The van der Waals surface area contributed by atoms with Crippen LogP contribution in [0.25, 0.3) is 0 Å². The van der Waals surface area contributed by atoms with Gasteiger partial charge in [-0.25, -0.2) is 4.79 Å². The van der Waals surface area contributed by atoms with Gasteiger partial charge in [-0.05, 0) is 17.7 Å². The number of ether oxygens (including phenoxy) is 3. The molecular formula is C16H17NO7. The van der Waals surface area contributed by atoms with Crippen molar-refractivity contribution in [1.29, 1.82) is 0 Å². The molecule has 0 fully saturated rings. The Morgan fingerprint density at radius 1 is 1.08 bits per heavy atom. The summed E-state index contributed by atoms with van der Waals surface area (Å²) in [5, 5.41) is 20.3. The number of carbonyl (C=O) groups excluding carboxylic acids is 1. The zero-order valence-electron chi connectivity index (χ0n) is 13.4. The first kappa shape index (κ1) is 17.2. The Morgan fingerprint density at radius 3 is 2.21 bits per heavy atom. The number of aromatic nitrogens is 1. The molecule has 24 heavy (non-hydrogen) atoms. The first-order chi connectivity index (χ1) is 11.4. The predicted molar refractivity (Wildman–Crippen MR) is 84.0 cm³/mol. The third kappa shape index (κ3) is 2.98. The van der Waals surface area contributed by atoms with E-state index in [9.17, 15) is 19.8 Å². The molecule has 2 N–H and O–H groups in total. The molecule has 2 aromatic rings. The van der Waals surface area contributed by atoms with Crippen molar-refractivity contribution >= 4 is 5.97 Å². The standard InChI is InChI=1S/C16H17NO7/c1-22-10-6-4-9(5-7-10)8-17-14(19)11(16(21)24-3)12(18)13(23-2)15(17)20/h4-7,18-19H,8H2,1-3H3. The molecule has 0 saturated heterocycles. The average molecular weight is 335 g/mol. The van der Waals surface area contributed by atoms with Gasteiger partial charge in [-0.2, -0.15) is 0 Å². The van der Waals surface area contributed by atoms with E-state index in [-0.39, 0.29) is 6.54 Å². The lowest BCUT2D eigenvalue weighted by Gasteiger charge is -2.15. The lowest BCUT2D eigenvalue weighted by molar-refractivity contribution is 0.0590. The minimum atomic E-state index is -0.994. The maximum absolute atomic E-state index is 12.4. The molecule has 8 nitrogen and oxygen atoms in total. The number of hydrogen-bond donors (Lipinski definition) is 2. The number of hydrogen-bond acceptors (Lipinski definition) is 7. The molecule has 0 atom stereocenters. The number of aromatic hydroxyl groups is 2. The summed E-state index contributed by atoms with van der Waals surface area (Å²) < 4.78 is 15.3. The summed E-state index contributed by atoms with van der Waals surface area (Å²) >= 11 is 0. The zero-order valence-corrected chi connectivity index (χ0v) is 13.4. The lowest BCUT2D eigenvalue weighted by atomic mass is 10.2. The highest BCUT2D eigenvalue weighted by molar-refractivity contribution is 5.95. The predicted octanol–water partition coefficient (Wildman–Crippen LogP) is 1.11. The van der Waals surface area contributed by atoms with Gasteiger partial charge in [-0.3, -0.25) is 9.36 Å². The second kappa shape index (κ2) is 6.95. The van der Waals surface area contributed by atoms with E-state index in [1.54, 1.807) is 24.3 Å². The lowest BCUT2D eigenvalue weighted by Crippen LogP contribution is -2.24. The van der Waals surface area contributed by atoms with Crippen molar-refractivity contribution in [3.8, 4) is 23.1 Å². The van der Waals surface area contributed by atoms with E-state index in [4.69, 9.17) is 9.47 Å². The second-order valence-electron chi connectivity index (χ2n) is 4.81. The number of esters is 1. The van der Waals surface area contributed by atoms with Crippen LogP contribution >= 0.6 is 0 Å². The fourth-order valence-electron chi connectivity index (χ4n) is 2.21. The molecule has 0 radical (unpaired) electrons. The van der Waals surface area contributed by atoms with Crippen LogP contribution in [0.3, 0.4) is 0 Å². The summed E-state index contributed by atoms with van der Waals surface area (Å²) in [6.07, 6.45) is 0. The molecule has 1 aromatic heterocycles. The van der Waals surface area contributed by atoms with E-state index in [0.29, 0.717) is 11.3 Å². The van der Waals surface area contributed by atoms with Gasteiger partial charge in [0.1, 0.15) is 5.75 Å². The summed E-state index contributed by atoms with van der Waals surface area (Å²) in [5.74, 6) is -2.29. The molecule has 8 heteroatoms. The maximum Gasteiger partial charge on any atom is 0.347 e. The molecule has 0 saturated carbocycles. The fraction of sp³-hybridized carbons (Fsp3) is 0.250. The van der Waals surface area contributed by atoms with Gasteiger partial charge >= 0.3 is 5.97 Å². The molecule has 0 unspecified atom stereocenters. The Bertz CT molecular complexity index is 809. The van der Waals surface area contributed by atoms with Crippen LogP contribution in [0, 0.1) is 0 Å². The molecular weight excluding hydrogens is 318 g/mol. The van der Waals surface area contributed by atoms with Crippen LogP contribution in [0.15, 0.2) is 29.1 Å². The van der Waals surface area contributed by atoms with Crippen molar-refractivity contribution < 1.29 is 29.2 Å². The van der Waals surface area contributed by atoms with Crippen molar-refractivity contribution in [2.24, 2.45) is 0 Å². The van der Waals surface area contributed by atoms with E-state index in [2.05, 4.69) is 4.74 Å². The molecule has 0 spiro atoms. The Labute approximate surface area is 137 Å². The topological polar surface area (TPSA) is 107 Å². The number of nitrogens with zero attached hydrogens (tertiary/aromatic N) is 1. The van der Waals surface area contributed by atoms with Crippen LogP contribution < -0.4 is 15.0 Å². The van der Waals surface area contributed by atoms with Crippen LogP contribution in [0.4, 0.5) is 0 Å². The monoisotopic (exact) mass is 335 g/mol. The first-order valence-electron chi connectivity index (χ1n) is 6.88. The highest BCUT2D eigenvalue weighted by Gasteiger charge is 2.27. The van der Waals surface area contributed by atoms with E-state index in [1.807, 2.05) is 0 Å². The third-order valence-corrected chi connectivity index (χ3v) is 3.46. The van der Waals surface area contributed by atoms with Gasteiger partial charge in [0.25, 0.3) is 5.56 Å². The number of methoxy groups -OCH3 is 3. The summed E-state index contributed by atoms with van der Waals surface area (Å²) in [6.45, 7) is -0.0463. The number of rotatable bonds is 5. The largest absolute Gasteiger partial charge is 0.503 e. The molecule has 1 heterocycles. The van der Waals surface area contributed by atoms with Gasteiger partial charge in [0.15, 0.2) is 11.3 Å². The normalized spacial score (nSPS) is 10.3. The summed E-state index contributed by atoms with van der Waals surface area (Å²) in [4.78, 5) is 24.2. The minimum absolute atomic E-state index is 0.0463. The molecule has 0 aliphatic rings. The molecule has 1 aromatic carbocycles. The molecule has 128 valence electrons. The van der Waals surface area contributed by atoms with Gasteiger partial charge < -0.3 is 24.4 Å². The Balaban J connectivity index is 2.59. The SMILES string of the molecule is COC(=O)c1c(O)c(OC)c(=O)n(Cc2ccc(OC)cc2)c1O. The average Bonchev–Trinajstić information content (AvgIpc) is 2.59. The minimum Gasteiger partial charge on any atom is -0.503 e. The molecule has 0 amide bonds. The summed E-state index contributed by atoms with van der Waals surface area (Å²) in [7, 11) is 3.79. The number of benzene rings is 1. The number of carbonyl (C=O) groups is 1. The summed E-state index contributed by atoms with van der Waals surface area (Å²) in [6, 6.07) is 6.77. The highest BCUT2D eigenvalue weighted by atomic mass is 16.5. The van der Waals surface area contributed by atoms with E-state index in [1.165, 1.54) is 14.2 Å². The van der Waals surface area contributed by atoms with Crippen molar-refractivity contribution in [3.05, 3.63) is 45.7 Å². The van der Waals surface area contributed by atoms with Crippen molar-refractivity contribution in [3.63, 3.8) is 0 Å². The smallest absolute Gasteiger partial charge is 0.347 e. The number of pyridine rings is 1. The molecule has 0 bridgehead atoms. The van der Waals surface area contributed by atoms with E-state index >= 15 is 0 Å². The van der Waals surface area contributed by atoms with Crippen LogP contribution in [0.5, 0.6) is 23.1 Å². The zero-order chi connectivity index (χ0) is 17.9. The van der Waals surface area contributed by atoms with Crippen molar-refractivity contribution in [1.82, 2.24) is 4.57 Å². The second-order valence-corrected chi connectivity index (χ2v) is 4.81. The van der Waals surface area contributed by atoms with Gasteiger partial charge in [0, 0.05) is 0 Å². The van der Waals surface area contributed by atoms with Crippen LogP contribution in [-0.2, 0) is 11.3 Å². The van der Waals surface area contributed by atoms with Crippen molar-refractivity contribution in [2.75, 3.05) is 21.3 Å². The first-order valence-corrected chi connectivity index (χ1v) is 6.88. The Hall–Kier alpha value is -3.16. The fourth-order valence-corrected chi connectivity index (χ4v) is 2.21. The highest BCUT2D eigenvalue weighted by Crippen LogP contribution is 2.33. The Morgan fingerprint density at radius 2 is 1.71 bits per heavy atom. The van der Waals surface area contributed by atoms with Gasteiger partial charge in [-0.15, -0.1) is 0 Å². The van der Waals surface area contributed by atoms with Crippen LogP contribution in [0.1, 0.15) is 15.9 Å². The molecule has 0 aliphatic heterocycles. The van der Waals surface area contributed by atoms with Gasteiger partial charge in [0.05, 0.1) is 27.9 Å². The summed E-state index contributed by atoms with van der Waals surface area (Å²) in [5.41, 5.74) is -0.657. The van der Waals surface area contributed by atoms with Crippen molar-refractivity contribution in [2.45, 2.75) is 6.54 Å². The molecule has 2 rings (SSSR count). The van der Waals surface area contributed by atoms with Crippen LogP contribution in [-0.4, -0.2) is 42.1 Å². The maximum atomic E-state index is 12.4. The van der Waals surface area contributed by atoms with Crippen LogP contribution in [0.2, 0.25) is 0 Å². The Kier molecular flexibility index (Phi) is 4.98. The molecule has 0 aliphatic carbocycles. The van der Waals surface area contributed by atoms with Gasteiger partial charge in [0.2, 0.25) is 11.6 Å². The van der Waals surface area contributed by atoms with Gasteiger partial charge in [-0.1, -0.05) is 12.1 Å². The van der Waals surface area contributed by atoms with E-state index in [0.717, 1.165) is 11.7 Å². The van der Waals surface area contributed by atoms with E-state index < -0.39 is 34.5 Å². The third-order valence-electron chi connectivity index (χ3n) is 3.46.